The zero-order valence-electron chi connectivity index (χ0n) is 11.3. The average molecular weight is 242 g/mol. The molecular formula is C15H18N2O. The number of carbonyl (C=O) groups excluding carboxylic acids is 1. The number of hydrogen-bond acceptors (Lipinski definition) is 2. The van der Waals surface area contributed by atoms with Gasteiger partial charge in [-0.3, -0.25) is 4.79 Å². The van der Waals surface area contributed by atoms with Gasteiger partial charge in [-0.2, -0.15) is 5.10 Å². The van der Waals surface area contributed by atoms with E-state index in [-0.39, 0.29) is 5.78 Å². The Labute approximate surface area is 107 Å². The second-order valence-electron chi connectivity index (χ2n) is 4.50. The fraction of sp³-hybridized carbons (Fsp3) is 0.333. The van der Waals surface area contributed by atoms with Gasteiger partial charge in [-0.15, -0.1) is 0 Å². The van der Waals surface area contributed by atoms with Gasteiger partial charge < -0.3 is 0 Å². The molecular weight excluding hydrogens is 224 g/mol. The fourth-order valence-electron chi connectivity index (χ4n) is 2.04. The second-order valence-corrected chi connectivity index (χ2v) is 4.50. The number of para-hydroxylation sites is 1. The van der Waals surface area contributed by atoms with E-state index < -0.39 is 0 Å². The van der Waals surface area contributed by atoms with Gasteiger partial charge in [-0.05, 0) is 38.5 Å². The highest BCUT2D eigenvalue weighted by Crippen LogP contribution is 2.20. The first-order valence-electron chi connectivity index (χ1n) is 6.21. The van der Waals surface area contributed by atoms with E-state index in [0.29, 0.717) is 6.42 Å². The Hall–Kier alpha value is -1.90. The van der Waals surface area contributed by atoms with Crippen molar-refractivity contribution in [2.45, 2.75) is 34.1 Å². The van der Waals surface area contributed by atoms with Gasteiger partial charge >= 0.3 is 0 Å². The fourth-order valence-corrected chi connectivity index (χ4v) is 2.04. The third-order valence-electron chi connectivity index (χ3n) is 3.41. The highest BCUT2D eigenvalue weighted by atomic mass is 16.1. The molecule has 1 aromatic carbocycles. The van der Waals surface area contributed by atoms with E-state index in [1.807, 2.05) is 49.7 Å². The van der Waals surface area contributed by atoms with Crippen LogP contribution in [0.5, 0.6) is 0 Å². The van der Waals surface area contributed by atoms with Gasteiger partial charge in [-0.1, -0.05) is 19.1 Å². The first-order chi connectivity index (χ1) is 8.56. The molecule has 0 atom stereocenters. The molecule has 2 aromatic rings. The lowest BCUT2D eigenvalue weighted by Gasteiger charge is -2.09. The van der Waals surface area contributed by atoms with E-state index >= 15 is 0 Å². The monoisotopic (exact) mass is 242 g/mol. The van der Waals surface area contributed by atoms with Crippen molar-refractivity contribution in [2.24, 2.45) is 0 Å². The summed E-state index contributed by atoms with van der Waals surface area (Å²) in [6.07, 6.45) is 0.509. The SMILES string of the molecule is CCC(=O)c1ccccc1-n1nc(C)c(C)c1C. The largest absolute Gasteiger partial charge is 0.294 e. The van der Waals surface area contributed by atoms with E-state index in [1.54, 1.807) is 0 Å². The van der Waals surface area contributed by atoms with Crippen molar-refractivity contribution in [1.29, 1.82) is 0 Å². The number of nitrogens with zero attached hydrogens (tertiary/aromatic N) is 2. The molecule has 3 nitrogen and oxygen atoms in total. The predicted octanol–water partition coefficient (Wildman–Crippen LogP) is 3.39. The number of rotatable bonds is 3. The lowest BCUT2D eigenvalue weighted by atomic mass is 10.1. The van der Waals surface area contributed by atoms with Gasteiger partial charge in [0.25, 0.3) is 0 Å². The summed E-state index contributed by atoms with van der Waals surface area (Å²) >= 11 is 0. The normalized spacial score (nSPS) is 10.7. The maximum Gasteiger partial charge on any atom is 0.164 e. The van der Waals surface area contributed by atoms with Crippen LogP contribution in [-0.2, 0) is 0 Å². The second kappa shape index (κ2) is 4.77. The standard InChI is InChI=1S/C15H18N2O/c1-5-15(18)13-8-6-7-9-14(13)17-12(4)10(2)11(3)16-17/h6-9H,5H2,1-4H3. The number of ketones is 1. The van der Waals surface area contributed by atoms with Crippen LogP contribution >= 0.6 is 0 Å². The summed E-state index contributed by atoms with van der Waals surface area (Å²) in [4.78, 5) is 12.0. The van der Waals surface area contributed by atoms with Gasteiger partial charge in [0.1, 0.15) is 0 Å². The minimum Gasteiger partial charge on any atom is -0.294 e. The maximum absolute atomic E-state index is 12.0. The van der Waals surface area contributed by atoms with Crippen LogP contribution in [0.15, 0.2) is 24.3 Å². The molecule has 0 saturated carbocycles. The lowest BCUT2D eigenvalue weighted by molar-refractivity contribution is 0.0988. The Morgan fingerprint density at radius 1 is 1.22 bits per heavy atom. The molecule has 0 radical (unpaired) electrons. The minimum atomic E-state index is 0.149. The van der Waals surface area contributed by atoms with Crippen LogP contribution in [0.3, 0.4) is 0 Å². The topological polar surface area (TPSA) is 34.9 Å². The van der Waals surface area contributed by atoms with Crippen molar-refractivity contribution in [3.8, 4) is 5.69 Å². The summed E-state index contributed by atoms with van der Waals surface area (Å²) < 4.78 is 1.87. The van der Waals surface area contributed by atoms with Crippen molar-refractivity contribution in [1.82, 2.24) is 9.78 Å². The molecule has 0 amide bonds. The van der Waals surface area contributed by atoms with Crippen LogP contribution in [0.25, 0.3) is 5.69 Å². The number of aryl methyl sites for hydroxylation is 1. The molecule has 94 valence electrons. The molecule has 0 spiro atoms. The third kappa shape index (κ3) is 1.96. The molecule has 3 heteroatoms. The Bertz CT molecular complexity index is 597. The van der Waals surface area contributed by atoms with Gasteiger partial charge in [0.15, 0.2) is 5.78 Å². The summed E-state index contributed by atoms with van der Waals surface area (Å²) in [6.45, 7) is 7.95. The van der Waals surface area contributed by atoms with E-state index in [1.165, 1.54) is 5.56 Å². The van der Waals surface area contributed by atoms with Crippen LogP contribution in [0.2, 0.25) is 0 Å². The molecule has 1 aromatic heterocycles. The first kappa shape index (κ1) is 12.6. The molecule has 0 saturated heterocycles. The Kier molecular flexibility index (Phi) is 3.32. The van der Waals surface area contributed by atoms with Gasteiger partial charge in [0.2, 0.25) is 0 Å². The van der Waals surface area contributed by atoms with Crippen LogP contribution in [-0.4, -0.2) is 15.6 Å². The first-order valence-corrected chi connectivity index (χ1v) is 6.21. The van der Waals surface area contributed by atoms with Gasteiger partial charge in [-0.25, -0.2) is 4.68 Å². The Morgan fingerprint density at radius 2 is 1.89 bits per heavy atom. The van der Waals surface area contributed by atoms with E-state index in [9.17, 15) is 4.79 Å². The minimum absolute atomic E-state index is 0.149. The highest BCUT2D eigenvalue weighted by molar-refractivity contribution is 5.99. The molecule has 0 unspecified atom stereocenters. The van der Waals surface area contributed by atoms with Crippen LogP contribution in [0, 0.1) is 20.8 Å². The van der Waals surface area contributed by atoms with E-state index in [0.717, 1.165) is 22.6 Å². The van der Waals surface area contributed by atoms with Crippen molar-refractivity contribution in [3.63, 3.8) is 0 Å². The molecule has 0 aliphatic rings. The average Bonchev–Trinajstić information content (AvgIpc) is 2.65. The van der Waals surface area contributed by atoms with E-state index in [2.05, 4.69) is 12.0 Å². The number of aromatic nitrogens is 2. The molecule has 2 rings (SSSR count). The summed E-state index contributed by atoms with van der Waals surface area (Å²) in [6, 6.07) is 7.65. The molecule has 18 heavy (non-hydrogen) atoms. The van der Waals surface area contributed by atoms with Crippen LogP contribution in [0.4, 0.5) is 0 Å². The lowest BCUT2D eigenvalue weighted by Crippen LogP contribution is -2.07. The number of hydrogen-bond donors (Lipinski definition) is 0. The van der Waals surface area contributed by atoms with Gasteiger partial charge in [0.05, 0.1) is 11.4 Å². The molecule has 0 bridgehead atoms. The van der Waals surface area contributed by atoms with Crippen molar-refractivity contribution in [2.75, 3.05) is 0 Å². The molecule has 0 N–H and O–H groups in total. The zero-order chi connectivity index (χ0) is 13.3. The summed E-state index contributed by atoms with van der Waals surface area (Å²) in [5, 5.41) is 4.52. The van der Waals surface area contributed by atoms with Crippen molar-refractivity contribution in [3.05, 3.63) is 46.8 Å². The highest BCUT2D eigenvalue weighted by Gasteiger charge is 2.14. The quantitative estimate of drug-likeness (QED) is 0.773. The molecule has 0 fully saturated rings. The number of Topliss-reactive ketones (excluding diaryl/α,β-unsaturated/α-hetero) is 1. The van der Waals surface area contributed by atoms with Crippen LogP contribution in [0.1, 0.15) is 40.7 Å². The van der Waals surface area contributed by atoms with Gasteiger partial charge in [0, 0.05) is 17.7 Å². The van der Waals surface area contributed by atoms with Crippen molar-refractivity contribution < 1.29 is 4.79 Å². The van der Waals surface area contributed by atoms with Crippen molar-refractivity contribution >= 4 is 5.78 Å². The Balaban J connectivity index is 2.64. The van der Waals surface area contributed by atoms with E-state index in [4.69, 9.17) is 0 Å². The summed E-state index contributed by atoms with van der Waals surface area (Å²) in [5.74, 6) is 0.149. The maximum atomic E-state index is 12.0. The summed E-state index contributed by atoms with van der Waals surface area (Å²) in [7, 11) is 0. The molecule has 0 aliphatic carbocycles. The zero-order valence-corrected chi connectivity index (χ0v) is 11.3. The molecule has 1 heterocycles. The Morgan fingerprint density at radius 3 is 2.44 bits per heavy atom. The number of carbonyl (C=O) groups is 1. The summed E-state index contributed by atoms with van der Waals surface area (Å²) in [5.41, 5.74) is 4.88. The van der Waals surface area contributed by atoms with Crippen LogP contribution < -0.4 is 0 Å². The smallest absolute Gasteiger partial charge is 0.164 e. The predicted molar refractivity (Wildman–Crippen MR) is 72.4 cm³/mol. The third-order valence-corrected chi connectivity index (χ3v) is 3.41. The molecule has 0 aliphatic heterocycles. The number of benzene rings is 1.